The molecule has 0 bridgehead atoms. The molecule has 7 nitrogen and oxygen atoms in total. The van der Waals surface area contributed by atoms with Crippen LogP contribution in [0.2, 0.25) is 0 Å². The van der Waals surface area contributed by atoms with Crippen LogP contribution in [-0.2, 0) is 30.8 Å². The van der Waals surface area contributed by atoms with Gasteiger partial charge in [-0.3, -0.25) is 9.59 Å². The Balaban J connectivity index is 1.39. The predicted octanol–water partition coefficient (Wildman–Crippen LogP) is 2.05. The number of rotatable bonds is 8. The summed E-state index contributed by atoms with van der Waals surface area (Å²) in [6.07, 6.45) is 1.50. The van der Waals surface area contributed by atoms with Gasteiger partial charge in [-0.25, -0.2) is 8.42 Å². The molecule has 0 radical (unpaired) electrons. The maximum atomic E-state index is 12.6. The van der Waals surface area contributed by atoms with Crippen LogP contribution in [0.1, 0.15) is 17.7 Å². The van der Waals surface area contributed by atoms with E-state index in [1.54, 1.807) is 41.7 Å². The van der Waals surface area contributed by atoms with Crippen LogP contribution in [0.15, 0.2) is 52.7 Å². The van der Waals surface area contributed by atoms with Gasteiger partial charge in [0.05, 0.1) is 10.8 Å². The van der Waals surface area contributed by atoms with Crippen LogP contribution in [0, 0.1) is 5.92 Å². The number of hydrogen-bond donors (Lipinski definition) is 1. The molecule has 3 rings (SSSR count). The molecule has 1 aromatic carbocycles. The second-order valence-electron chi connectivity index (χ2n) is 6.78. The van der Waals surface area contributed by atoms with E-state index in [2.05, 4.69) is 5.32 Å². The summed E-state index contributed by atoms with van der Waals surface area (Å²) in [5, 5.41) is 4.71. The zero-order chi connectivity index (χ0) is 20.7. The standard InChI is InChI=1S/C20H24N2O5S2/c23-19(21-11-8-17-5-4-14-28-17)15-27-20(24)16-9-12-22(13-10-16)29(25,26)18-6-2-1-3-7-18/h1-7,14,16H,8-13,15H2,(H,21,23). The maximum absolute atomic E-state index is 12.6. The van der Waals surface area contributed by atoms with Gasteiger partial charge < -0.3 is 10.1 Å². The van der Waals surface area contributed by atoms with Crippen molar-refractivity contribution < 1.29 is 22.7 Å². The van der Waals surface area contributed by atoms with Crippen molar-refractivity contribution in [3.63, 3.8) is 0 Å². The van der Waals surface area contributed by atoms with Gasteiger partial charge in [0.1, 0.15) is 0 Å². The van der Waals surface area contributed by atoms with Crippen molar-refractivity contribution in [2.45, 2.75) is 24.2 Å². The minimum absolute atomic E-state index is 0.250. The summed E-state index contributed by atoms with van der Waals surface area (Å²) in [6.45, 7) is 0.687. The smallest absolute Gasteiger partial charge is 0.309 e. The number of ether oxygens (including phenoxy) is 1. The number of nitrogens with zero attached hydrogens (tertiary/aromatic N) is 1. The monoisotopic (exact) mass is 436 g/mol. The molecule has 1 N–H and O–H groups in total. The van der Waals surface area contributed by atoms with Crippen molar-refractivity contribution in [1.29, 1.82) is 0 Å². The number of hydrogen-bond acceptors (Lipinski definition) is 6. The van der Waals surface area contributed by atoms with Crippen molar-refractivity contribution >= 4 is 33.2 Å². The SMILES string of the molecule is O=C(COC(=O)C1CCN(S(=O)(=O)c2ccccc2)CC1)NCCc1cccs1. The van der Waals surface area contributed by atoms with Gasteiger partial charge in [0.2, 0.25) is 10.0 Å². The number of carbonyl (C=O) groups excluding carboxylic acids is 2. The van der Waals surface area contributed by atoms with E-state index in [1.165, 1.54) is 9.18 Å². The number of piperidine rings is 1. The van der Waals surface area contributed by atoms with Gasteiger partial charge in [-0.15, -0.1) is 11.3 Å². The second-order valence-corrected chi connectivity index (χ2v) is 9.75. The van der Waals surface area contributed by atoms with Gasteiger partial charge in [0, 0.05) is 24.5 Å². The van der Waals surface area contributed by atoms with Gasteiger partial charge in [0.25, 0.3) is 5.91 Å². The Kier molecular flexibility index (Phi) is 7.40. The van der Waals surface area contributed by atoms with Crippen LogP contribution in [0.25, 0.3) is 0 Å². The molecule has 1 aliphatic heterocycles. The number of nitrogens with one attached hydrogen (secondary N) is 1. The Bertz CT molecular complexity index is 906. The zero-order valence-electron chi connectivity index (χ0n) is 16.0. The fraction of sp³-hybridized carbons (Fsp3) is 0.400. The molecule has 1 fully saturated rings. The summed E-state index contributed by atoms with van der Waals surface area (Å²) in [5.41, 5.74) is 0. The minimum Gasteiger partial charge on any atom is -0.455 e. The quantitative estimate of drug-likeness (QED) is 0.640. The van der Waals surface area contributed by atoms with Gasteiger partial charge in [-0.1, -0.05) is 24.3 Å². The Morgan fingerprint density at radius 2 is 1.83 bits per heavy atom. The van der Waals surface area contributed by atoms with Crippen molar-refractivity contribution in [2.24, 2.45) is 5.92 Å². The highest BCUT2D eigenvalue weighted by Crippen LogP contribution is 2.24. The Hall–Kier alpha value is -2.23. The van der Waals surface area contributed by atoms with Crippen LogP contribution in [0.3, 0.4) is 0 Å². The largest absolute Gasteiger partial charge is 0.455 e. The lowest BCUT2D eigenvalue weighted by atomic mass is 9.98. The number of esters is 1. The Morgan fingerprint density at radius 1 is 1.10 bits per heavy atom. The van der Waals surface area contributed by atoms with Crippen molar-refractivity contribution in [2.75, 3.05) is 26.2 Å². The number of amides is 1. The molecular formula is C20H24N2O5S2. The molecule has 0 saturated carbocycles. The first-order chi connectivity index (χ1) is 14.0. The molecule has 9 heteroatoms. The molecule has 1 aliphatic rings. The highest BCUT2D eigenvalue weighted by Gasteiger charge is 2.32. The Morgan fingerprint density at radius 3 is 2.48 bits per heavy atom. The first-order valence-corrected chi connectivity index (χ1v) is 11.8. The fourth-order valence-electron chi connectivity index (χ4n) is 3.16. The number of benzene rings is 1. The molecule has 0 aliphatic carbocycles. The topological polar surface area (TPSA) is 92.8 Å². The zero-order valence-corrected chi connectivity index (χ0v) is 17.6. The third-order valence-corrected chi connectivity index (χ3v) is 7.64. The second kappa shape index (κ2) is 10.00. The summed E-state index contributed by atoms with van der Waals surface area (Å²) in [6, 6.07) is 12.2. The molecule has 1 aromatic heterocycles. The number of sulfonamides is 1. The average Bonchev–Trinajstić information content (AvgIpc) is 3.26. The predicted molar refractivity (Wildman–Crippen MR) is 110 cm³/mol. The van der Waals surface area contributed by atoms with E-state index in [4.69, 9.17) is 4.74 Å². The highest BCUT2D eigenvalue weighted by atomic mass is 32.2. The average molecular weight is 437 g/mol. The number of carbonyl (C=O) groups is 2. The molecule has 29 heavy (non-hydrogen) atoms. The summed E-state index contributed by atoms with van der Waals surface area (Å²) in [7, 11) is -3.55. The first kappa shape index (κ1) is 21.5. The van der Waals surface area contributed by atoms with E-state index in [-0.39, 0.29) is 30.5 Å². The van der Waals surface area contributed by atoms with Crippen molar-refractivity contribution in [3.8, 4) is 0 Å². The lowest BCUT2D eigenvalue weighted by Gasteiger charge is -2.30. The highest BCUT2D eigenvalue weighted by molar-refractivity contribution is 7.89. The van der Waals surface area contributed by atoms with E-state index in [0.29, 0.717) is 19.4 Å². The van der Waals surface area contributed by atoms with E-state index < -0.39 is 21.9 Å². The normalized spacial score (nSPS) is 15.7. The van der Waals surface area contributed by atoms with E-state index >= 15 is 0 Å². The van der Waals surface area contributed by atoms with Crippen LogP contribution >= 0.6 is 11.3 Å². The molecule has 1 saturated heterocycles. The Labute approximate surface area is 174 Å². The van der Waals surface area contributed by atoms with Gasteiger partial charge in [0.15, 0.2) is 6.61 Å². The summed E-state index contributed by atoms with van der Waals surface area (Å²) >= 11 is 1.63. The van der Waals surface area contributed by atoms with E-state index in [0.717, 1.165) is 6.42 Å². The first-order valence-electron chi connectivity index (χ1n) is 9.48. The molecule has 1 amide bonds. The molecule has 0 unspecified atom stereocenters. The van der Waals surface area contributed by atoms with Gasteiger partial charge >= 0.3 is 5.97 Å². The fourth-order valence-corrected chi connectivity index (χ4v) is 5.36. The lowest BCUT2D eigenvalue weighted by molar-refractivity contribution is -0.153. The summed E-state index contributed by atoms with van der Waals surface area (Å²) in [5.74, 6) is -1.18. The summed E-state index contributed by atoms with van der Waals surface area (Å²) in [4.78, 5) is 25.5. The van der Waals surface area contributed by atoms with Gasteiger partial charge in [-0.05, 0) is 42.8 Å². The van der Waals surface area contributed by atoms with Gasteiger partial charge in [-0.2, -0.15) is 4.31 Å². The van der Waals surface area contributed by atoms with Crippen molar-refractivity contribution in [1.82, 2.24) is 9.62 Å². The van der Waals surface area contributed by atoms with Crippen molar-refractivity contribution in [3.05, 3.63) is 52.7 Å². The van der Waals surface area contributed by atoms with E-state index in [9.17, 15) is 18.0 Å². The van der Waals surface area contributed by atoms with Crippen LogP contribution in [0.4, 0.5) is 0 Å². The molecular weight excluding hydrogens is 412 g/mol. The van der Waals surface area contributed by atoms with Crippen LogP contribution in [0.5, 0.6) is 0 Å². The van der Waals surface area contributed by atoms with Crippen LogP contribution < -0.4 is 5.32 Å². The molecule has 0 spiro atoms. The molecule has 0 atom stereocenters. The molecule has 156 valence electrons. The third kappa shape index (κ3) is 5.88. The maximum Gasteiger partial charge on any atom is 0.309 e. The summed E-state index contributed by atoms with van der Waals surface area (Å²) < 4.78 is 31.8. The molecule has 2 aromatic rings. The third-order valence-electron chi connectivity index (χ3n) is 4.79. The minimum atomic E-state index is -3.55. The van der Waals surface area contributed by atoms with E-state index in [1.807, 2.05) is 17.5 Å². The number of thiophene rings is 1. The molecule has 2 heterocycles. The lowest BCUT2D eigenvalue weighted by Crippen LogP contribution is -2.41. The van der Waals surface area contributed by atoms with Crippen LogP contribution in [-0.4, -0.2) is 50.8 Å².